The summed E-state index contributed by atoms with van der Waals surface area (Å²) in [5.41, 5.74) is -0.857. The fourth-order valence-electron chi connectivity index (χ4n) is 2.53. The second kappa shape index (κ2) is 3.48. The minimum atomic E-state index is -0.857. The topological polar surface area (TPSA) is 66.8 Å². The number of amides is 1. The molecule has 0 radical (unpaired) electrons. The molecule has 2 atom stereocenters. The Hall–Kier alpha value is -1.10. The summed E-state index contributed by atoms with van der Waals surface area (Å²) in [5, 5.41) is 9.28. The predicted octanol–water partition coefficient (Wildman–Crippen LogP) is -0.0440. The zero-order valence-electron chi connectivity index (χ0n) is 8.73. The maximum Gasteiger partial charge on any atom is 0.314 e. The molecule has 1 amide bonds. The SMILES string of the molecule is CC(=O)N1C[C@@H]2CCOC[C@]2(C(=O)O)C1. The number of nitrogens with zero attached hydrogens (tertiary/aromatic N) is 1. The van der Waals surface area contributed by atoms with Crippen LogP contribution in [0.4, 0.5) is 0 Å². The highest BCUT2D eigenvalue weighted by Crippen LogP contribution is 2.41. The Morgan fingerprint density at radius 3 is 2.80 bits per heavy atom. The minimum Gasteiger partial charge on any atom is -0.481 e. The highest BCUT2D eigenvalue weighted by Gasteiger charge is 2.54. The summed E-state index contributed by atoms with van der Waals surface area (Å²) in [4.78, 5) is 24.2. The standard InChI is InChI=1S/C10H15NO4/c1-7(12)11-4-8-2-3-15-6-10(8,5-11)9(13)14/h8H,2-6H2,1H3,(H,13,14)/t8-,10+/m0/s1. The Bertz CT molecular complexity index is 304. The Kier molecular flexibility index (Phi) is 2.42. The van der Waals surface area contributed by atoms with E-state index in [-0.39, 0.29) is 18.4 Å². The van der Waals surface area contributed by atoms with Gasteiger partial charge >= 0.3 is 5.97 Å². The van der Waals surface area contributed by atoms with Crippen LogP contribution in [0.1, 0.15) is 13.3 Å². The molecule has 5 nitrogen and oxygen atoms in total. The van der Waals surface area contributed by atoms with Gasteiger partial charge in [-0.05, 0) is 12.3 Å². The van der Waals surface area contributed by atoms with Crippen LogP contribution in [0, 0.1) is 11.3 Å². The number of fused-ring (bicyclic) bond motifs is 1. The predicted molar refractivity (Wildman–Crippen MR) is 51.2 cm³/mol. The molecule has 2 aliphatic heterocycles. The molecule has 0 aromatic heterocycles. The molecule has 15 heavy (non-hydrogen) atoms. The summed E-state index contributed by atoms with van der Waals surface area (Å²) in [7, 11) is 0. The third kappa shape index (κ3) is 1.51. The van der Waals surface area contributed by atoms with E-state index >= 15 is 0 Å². The van der Waals surface area contributed by atoms with Crippen molar-refractivity contribution in [2.75, 3.05) is 26.3 Å². The monoisotopic (exact) mass is 213 g/mol. The van der Waals surface area contributed by atoms with Crippen LogP contribution in [0.15, 0.2) is 0 Å². The van der Waals surface area contributed by atoms with Gasteiger partial charge in [-0.3, -0.25) is 9.59 Å². The van der Waals surface area contributed by atoms with E-state index in [2.05, 4.69) is 0 Å². The van der Waals surface area contributed by atoms with Crippen LogP contribution in [0.25, 0.3) is 0 Å². The first-order valence-corrected chi connectivity index (χ1v) is 5.13. The zero-order valence-corrected chi connectivity index (χ0v) is 8.73. The number of rotatable bonds is 1. The Morgan fingerprint density at radius 1 is 1.53 bits per heavy atom. The van der Waals surface area contributed by atoms with Crippen LogP contribution >= 0.6 is 0 Å². The molecule has 0 aliphatic carbocycles. The van der Waals surface area contributed by atoms with Crippen LogP contribution < -0.4 is 0 Å². The van der Waals surface area contributed by atoms with Gasteiger partial charge in [0.1, 0.15) is 5.41 Å². The van der Waals surface area contributed by atoms with E-state index in [1.54, 1.807) is 4.90 Å². The highest BCUT2D eigenvalue weighted by atomic mass is 16.5. The fourth-order valence-corrected chi connectivity index (χ4v) is 2.53. The second-order valence-electron chi connectivity index (χ2n) is 4.40. The first-order valence-electron chi connectivity index (χ1n) is 5.13. The summed E-state index contributed by atoms with van der Waals surface area (Å²) in [6.45, 7) is 3.17. The van der Waals surface area contributed by atoms with Gasteiger partial charge in [-0.15, -0.1) is 0 Å². The zero-order chi connectivity index (χ0) is 11.1. The molecular formula is C10H15NO4. The number of hydrogen-bond acceptors (Lipinski definition) is 3. The van der Waals surface area contributed by atoms with Crippen molar-refractivity contribution >= 4 is 11.9 Å². The molecule has 84 valence electrons. The lowest BCUT2D eigenvalue weighted by atomic mass is 9.76. The maximum atomic E-state index is 11.3. The average molecular weight is 213 g/mol. The van der Waals surface area contributed by atoms with E-state index in [4.69, 9.17) is 4.74 Å². The lowest BCUT2D eigenvalue weighted by molar-refractivity contribution is -0.159. The number of likely N-dealkylation sites (tertiary alicyclic amines) is 1. The largest absolute Gasteiger partial charge is 0.481 e. The van der Waals surface area contributed by atoms with Crippen LogP contribution in [-0.4, -0.2) is 48.2 Å². The molecule has 0 unspecified atom stereocenters. The van der Waals surface area contributed by atoms with E-state index < -0.39 is 11.4 Å². The van der Waals surface area contributed by atoms with Crippen molar-refractivity contribution in [3.05, 3.63) is 0 Å². The van der Waals surface area contributed by atoms with Crippen molar-refractivity contribution in [2.45, 2.75) is 13.3 Å². The van der Waals surface area contributed by atoms with Gasteiger partial charge in [0.05, 0.1) is 6.61 Å². The number of aliphatic carboxylic acids is 1. The second-order valence-corrected chi connectivity index (χ2v) is 4.40. The van der Waals surface area contributed by atoms with E-state index in [0.717, 1.165) is 6.42 Å². The quantitative estimate of drug-likeness (QED) is 0.663. The number of carbonyl (C=O) groups excluding carboxylic acids is 1. The maximum absolute atomic E-state index is 11.3. The normalized spacial score (nSPS) is 35.0. The van der Waals surface area contributed by atoms with Crippen LogP contribution in [0.2, 0.25) is 0 Å². The van der Waals surface area contributed by atoms with E-state index in [1.807, 2.05) is 0 Å². The average Bonchev–Trinajstić information content (AvgIpc) is 2.58. The van der Waals surface area contributed by atoms with Crippen molar-refractivity contribution in [3.63, 3.8) is 0 Å². The van der Waals surface area contributed by atoms with Crippen LogP contribution in [0.5, 0.6) is 0 Å². The van der Waals surface area contributed by atoms with Gasteiger partial charge in [0.25, 0.3) is 0 Å². The minimum absolute atomic E-state index is 0.0487. The van der Waals surface area contributed by atoms with Gasteiger partial charge in [0.15, 0.2) is 0 Å². The number of ether oxygens (including phenoxy) is 1. The van der Waals surface area contributed by atoms with Gasteiger partial charge in [-0.25, -0.2) is 0 Å². The lowest BCUT2D eigenvalue weighted by Crippen LogP contribution is -2.46. The molecule has 2 saturated heterocycles. The summed E-state index contributed by atoms with van der Waals surface area (Å²) in [6, 6.07) is 0. The Morgan fingerprint density at radius 2 is 2.27 bits per heavy atom. The molecular weight excluding hydrogens is 198 g/mol. The molecule has 0 aromatic rings. The van der Waals surface area contributed by atoms with Gasteiger partial charge in [0, 0.05) is 26.6 Å². The molecule has 0 aromatic carbocycles. The third-order valence-corrected chi connectivity index (χ3v) is 3.54. The van der Waals surface area contributed by atoms with Gasteiger partial charge < -0.3 is 14.7 Å². The van der Waals surface area contributed by atoms with Crippen molar-refractivity contribution in [1.29, 1.82) is 0 Å². The van der Waals surface area contributed by atoms with E-state index in [1.165, 1.54) is 6.92 Å². The molecule has 2 aliphatic rings. The highest BCUT2D eigenvalue weighted by molar-refractivity contribution is 5.80. The smallest absolute Gasteiger partial charge is 0.314 e. The van der Waals surface area contributed by atoms with Crippen molar-refractivity contribution in [1.82, 2.24) is 4.90 Å². The van der Waals surface area contributed by atoms with Gasteiger partial charge in [-0.1, -0.05) is 0 Å². The number of carboxylic acids is 1. The van der Waals surface area contributed by atoms with Gasteiger partial charge in [-0.2, -0.15) is 0 Å². The summed E-state index contributed by atoms with van der Waals surface area (Å²) < 4.78 is 5.26. The summed E-state index contributed by atoms with van der Waals surface area (Å²) in [6.07, 6.45) is 0.732. The number of carbonyl (C=O) groups is 2. The van der Waals surface area contributed by atoms with Crippen molar-refractivity contribution in [2.24, 2.45) is 11.3 Å². The van der Waals surface area contributed by atoms with Gasteiger partial charge in [0.2, 0.25) is 5.91 Å². The van der Waals surface area contributed by atoms with Crippen molar-refractivity contribution in [3.8, 4) is 0 Å². The van der Waals surface area contributed by atoms with Crippen LogP contribution in [0.3, 0.4) is 0 Å². The molecule has 0 spiro atoms. The summed E-state index contributed by atoms with van der Waals surface area (Å²) in [5.74, 6) is -0.839. The number of hydrogen-bond donors (Lipinski definition) is 1. The first-order chi connectivity index (χ1) is 7.06. The number of carboxylic acid groups (broad SMARTS) is 1. The fraction of sp³-hybridized carbons (Fsp3) is 0.800. The van der Waals surface area contributed by atoms with E-state index in [9.17, 15) is 14.7 Å². The molecule has 0 saturated carbocycles. The Balaban J connectivity index is 2.24. The van der Waals surface area contributed by atoms with E-state index in [0.29, 0.717) is 19.7 Å². The van der Waals surface area contributed by atoms with Crippen LogP contribution in [-0.2, 0) is 14.3 Å². The summed E-state index contributed by atoms with van der Waals surface area (Å²) >= 11 is 0. The molecule has 0 bridgehead atoms. The first kappa shape index (κ1) is 10.4. The third-order valence-electron chi connectivity index (χ3n) is 3.54. The molecule has 2 heterocycles. The molecule has 2 fully saturated rings. The lowest BCUT2D eigenvalue weighted by Gasteiger charge is -2.33. The van der Waals surface area contributed by atoms with Crippen molar-refractivity contribution < 1.29 is 19.4 Å². The Labute approximate surface area is 88.0 Å². The molecule has 1 N–H and O–H groups in total. The molecule has 2 rings (SSSR count). The molecule has 5 heteroatoms.